The highest BCUT2D eigenvalue weighted by Crippen LogP contribution is 2.65. The van der Waals surface area contributed by atoms with Gasteiger partial charge in [-0.1, -0.05) is 36.8 Å². The molecule has 1 N–H and O–H groups in total. The molecule has 6 rings (SSSR count). The molecule has 3 aromatic rings. The third-order valence-electron chi connectivity index (χ3n) is 7.35. The fourth-order valence-corrected chi connectivity index (χ4v) is 6.27. The average molecular weight is 362 g/mol. The Kier molecular flexibility index (Phi) is 3.26. The second kappa shape index (κ2) is 5.72. The van der Waals surface area contributed by atoms with Crippen molar-refractivity contribution in [2.45, 2.75) is 31.1 Å². The highest BCUT2D eigenvalue weighted by Gasteiger charge is 2.56. The highest BCUT2D eigenvalue weighted by atomic mass is 14.9. The smallest absolute Gasteiger partial charge is 0.0991 e. The second-order valence-electron chi connectivity index (χ2n) is 8.67. The molecule has 2 fully saturated rings. The predicted octanol–water partition coefficient (Wildman–Crippen LogP) is 6.39. The van der Waals surface area contributed by atoms with Gasteiger partial charge in [-0.15, -0.1) is 0 Å². The lowest BCUT2D eigenvalue weighted by atomic mass is 9.67. The van der Waals surface area contributed by atoms with Gasteiger partial charge >= 0.3 is 0 Å². The monoisotopic (exact) mass is 362 g/mol. The third kappa shape index (κ3) is 2.08. The summed E-state index contributed by atoms with van der Waals surface area (Å²) < 4.78 is 0. The Hall–Kier alpha value is -3.05. The molecule has 2 nitrogen and oxygen atoms in total. The van der Waals surface area contributed by atoms with Crippen LogP contribution in [-0.2, 0) is 5.41 Å². The van der Waals surface area contributed by atoms with Gasteiger partial charge in [0.1, 0.15) is 0 Å². The Morgan fingerprint density at radius 2 is 1.64 bits per heavy atom. The van der Waals surface area contributed by atoms with E-state index in [1.165, 1.54) is 36.8 Å². The quantitative estimate of drug-likeness (QED) is 0.573. The molecule has 3 unspecified atom stereocenters. The van der Waals surface area contributed by atoms with Crippen molar-refractivity contribution in [1.29, 1.82) is 5.26 Å². The van der Waals surface area contributed by atoms with E-state index in [0.717, 1.165) is 23.2 Å². The number of hydrogen-bond donors (Lipinski definition) is 1. The van der Waals surface area contributed by atoms with Gasteiger partial charge in [0.25, 0.3) is 0 Å². The molecular weight excluding hydrogens is 340 g/mol. The molecule has 3 atom stereocenters. The molecule has 3 aliphatic rings. The maximum Gasteiger partial charge on any atom is 0.0991 e. The average Bonchev–Trinajstić information content (AvgIpc) is 3.42. The normalized spacial score (nSPS) is 26.1. The van der Waals surface area contributed by atoms with Crippen LogP contribution >= 0.6 is 0 Å². The van der Waals surface area contributed by atoms with Crippen LogP contribution < -0.4 is 5.32 Å². The van der Waals surface area contributed by atoms with Crippen molar-refractivity contribution in [2.24, 2.45) is 11.8 Å². The van der Waals surface area contributed by atoms with Crippen LogP contribution in [0.2, 0.25) is 0 Å². The number of nitrogens with one attached hydrogen (secondary N) is 1. The summed E-state index contributed by atoms with van der Waals surface area (Å²) >= 11 is 0. The van der Waals surface area contributed by atoms with E-state index in [1.807, 2.05) is 24.3 Å². The summed E-state index contributed by atoms with van der Waals surface area (Å²) in [5.41, 5.74) is 9.00. The summed E-state index contributed by atoms with van der Waals surface area (Å²) in [5, 5.41) is 12.5. The van der Waals surface area contributed by atoms with Gasteiger partial charge < -0.3 is 5.32 Å². The molecule has 28 heavy (non-hydrogen) atoms. The number of hydrogen-bond acceptors (Lipinski definition) is 2. The molecule has 2 saturated carbocycles. The Balaban J connectivity index is 1.44. The lowest BCUT2D eigenvalue weighted by Crippen LogP contribution is -2.31. The van der Waals surface area contributed by atoms with Crippen LogP contribution in [0, 0.1) is 23.2 Å². The summed E-state index contributed by atoms with van der Waals surface area (Å²) in [6, 6.07) is 25.8. The van der Waals surface area contributed by atoms with E-state index in [4.69, 9.17) is 5.26 Å². The summed E-state index contributed by atoms with van der Waals surface area (Å²) in [7, 11) is 0. The van der Waals surface area contributed by atoms with E-state index < -0.39 is 0 Å². The van der Waals surface area contributed by atoms with Gasteiger partial charge in [0.15, 0.2) is 0 Å². The number of anilines is 2. The highest BCUT2D eigenvalue weighted by molar-refractivity contribution is 5.84. The van der Waals surface area contributed by atoms with Crippen LogP contribution in [0.25, 0.3) is 11.1 Å². The molecule has 2 bridgehead atoms. The largest absolute Gasteiger partial charge is 0.356 e. The molecule has 136 valence electrons. The van der Waals surface area contributed by atoms with Crippen molar-refractivity contribution < 1.29 is 0 Å². The topological polar surface area (TPSA) is 35.8 Å². The molecule has 3 aromatic carbocycles. The van der Waals surface area contributed by atoms with Crippen molar-refractivity contribution in [3.63, 3.8) is 0 Å². The molecule has 0 radical (unpaired) electrons. The fraction of sp³-hybridized carbons (Fsp3) is 0.269. The molecule has 0 amide bonds. The molecular formula is C26H22N2. The predicted molar refractivity (Wildman–Crippen MR) is 113 cm³/mol. The van der Waals surface area contributed by atoms with Gasteiger partial charge in [-0.05, 0) is 89.8 Å². The number of nitrogens with zero attached hydrogens (tertiary/aromatic N) is 1. The zero-order chi connectivity index (χ0) is 18.7. The Labute approximate surface area is 165 Å². The Morgan fingerprint density at radius 1 is 0.857 bits per heavy atom. The maximum atomic E-state index is 8.99. The van der Waals surface area contributed by atoms with Crippen molar-refractivity contribution >= 4 is 11.4 Å². The van der Waals surface area contributed by atoms with Crippen LogP contribution in [-0.4, -0.2) is 0 Å². The van der Waals surface area contributed by atoms with Crippen molar-refractivity contribution in [1.82, 2.24) is 0 Å². The standard InChI is InChI=1S/C26H22N2/c27-16-17-6-9-20(10-7-17)28-21-11-12-25-23(14-21)22-3-1-2-4-24(22)26(25)15-18-5-8-19(26)13-18/h1-4,6-7,9-12,14,18-19,28H,5,8,13,15H2. The summed E-state index contributed by atoms with van der Waals surface area (Å²) in [6.07, 6.45) is 5.52. The van der Waals surface area contributed by atoms with Gasteiger partial charge in [0.2, 0.25) is 0 Å². The van der Waals surface area contributed by atoms with E-state index in [0.29, 0.717) is 5.56 Å². The molecule has 3 aliphatic carbocycles. The lowest BCUT2D eigenvalue weighted by Gasteiger charge is -2.36. The summed E-state index contributed by atoms with van der Waals surface area (Å²) in [5.74, 6) is 1.71. The summed E-state index contributed by atoms with van der Waals surface area (Å²) in [4.78, 5) is 0. The maximum absolute atomic E-state index is 8.99. The van der Waals surface area contributed by atoms with Crippen LogP contribution in [0.3, 0.4) is 0 Å². The summed E-state index contributed by atoms with van der Waals surface area (Å²) in [6.45, 7) is 0. The molecule has 2 heteroatoms. The third-order valence-corrected chi connectivity index (χ3v) is 7.35. The second-order valence-corrected chi connectivity index (χ2v) is 8.67. The van der Waals surface area contributed by atoms with E-state index in [-0.39, 0.29) is 5.41 Å². The van der Waals surface area contributed by atoms with Crippen LogP contribution in [0.1, 0.15) is 42.4 Å². The van der Waals surface area contributed by atoms with Crippen LogP contribution in [0.4, 0.5) is 11.4 Å². The molecule has 1 spiro atoms. The van der Waals surface area contributed by atoms with E-state index >= 15 is 0 Å². The van der Waals surface area contributed by atoms with E-state index in [9.17, 15) is 0 Å². The van der Waals surface area contributed by atoms with Crippen molar-refractivity contribution in [3.05, 3.63) is 83.4 Å². The minimum Gasteiger partial charge on any atom is -0.356 e. The molecule has 0 aliphatic heterocycles. The van der Waals surface area contributed by atoms with E-state index in [1.54, 1.807) is 11.1 Å². The van der Waals surface area contributed by atoms with Crippen LogP contribution in [0.5, 0.6) is 0 Å². The minimum atomic E-state index is 0.252. The number of nitriles is 1. The van der Waals surface area contributed by atoms with Gasteiger partial charge in [-0.25, -0.2) is 0 Å². The van der Waals surface area contributed by atoms with Crippen molar-refractivity contribution in [3.8, 4) is 17.2 Å². The molecule has 0 aromatic heterocycles. The zero-order valence-electron chi connectivity index (χ0n) is 15.8. The van der Waals surface area contributed by atoms with Gasteiger partial charge in [0.05, 0.1) is 11.6 Å². The first-order chi connectivity index (χ1) is 13.8. The first-order valence-corrected chi connectivity index (χ1v) is 10.3. The fourth-order valence-electron chi connectivity index (χ4n) is 6.27. The number of benzene rings is 3. The van der Waals surface area contributed by atoms with Crippen molar-refractivity contribution in [2.75, 3.05) is 5.32 Å². The van der Waals surface area contributed by atoms with Gasteiger partial charge in [-0.3, -0.25) is 0 Å². The lowest BCUT2D eigenvalue weighted by molar-refractivity contribution is 0.327. The first kappa shape index (κ1) is 16.0. The SMILES string of the molecule is N#Cc1ccc(Nc2ccc3c(c2)-c2ccccc2C32CC3CCC2C3)cc1. The zero-order valence-corrected chi connectivity index (χ0v) is 15.8. The number of fused-ring (bicyclic) bond motifs is 8. The Morgan fingerprint density at radius 3 is 2.39 bits per heavy atom. The Bertz CT molecular complexity index is 1120. The van der Waals surface area contributed by atoms with Gasteiger partial charge in [-0.2, -0.15) is 5.26 Å². The van der Waals surface area contributed by atoms with E-state index in [2.05, 4.69) is 53.9 Å². The minimum absolute atomic E-state index is 0.252. The van der Waals surface area contributed by atoms with Crippen LogP contribution in [0.15, 0.2) is 66.7 Å². The molecule has 0 saturated heterocycles. The number of rotatable bonds is 2. The van der Waals surface area contributed by atoms with Gasteiger partial charge in [0, 0.05) is 16.8 Å². The molecule has 0 heterocycles. The first-order valence-electron chi connectivity index (χ1n) is 10.3.